The first-order chi connectivity index (χ1) is 11.3. The zero-order valence-corrected chi connectivity index (χ0v) is 18.0. The molecule has 1 fully saturated rings. The first-order valence-corrected chi connectivity index (χ1v) is 15.3. The Morgan fingerprint density at radius 2 is 1.78 bits per heavy atom. The number of hydrogen-bond donors (Lipinski definition) is 0. The third-order valence-electron chi connectivity index (χ3n) is 4.67. The Morgan fingerprint density at radius 3 is 2.43 bits per heavy atom. The van der Waals surface area contributed by atoms with E-state index >= 15 is 0 Å². The fourth-order valence-corrected chi connectivity index (χ4v) is 5.19. The standard InChI is InChI=1S/C19H31IO2Si/c1-2-3-13-21-18-9-5-16(6-10-18)17-7-11-19(12-8-17)22-14-4-15-23-20/h5-6,9-10,17,19H,2-4,7-8,11-15,23H2,1H3. The predicted molar refractivity (Wildman–Crippen MR) is 110 cm³/mol. The highest BCUT2D eigenvalue weighted by molar-refractivity contribution is 14.1. The van der Waals surface area contributed by atoms with Gasteiger partial charge in [-0.3, -0.25) is 0 Å². The Kier molecular flexibility index (Phi) is 9.61. The van der Waals surface area contributed by atoms with Gasteiger partial charge in [0.15, 0.2) is 0 Å². The molecule has 0 amide bonds. The summed E-state index contributed by atoms with van der Waals surface area (Å²) >= 11 is 2.58. The SMILES string of the molecule is CCCCOc1ccc(C2CCC(OCCC[SiH2]I)CC2)cc1. The van der Waals surface area contributed by atoms with Gasteiger partial charge in [0.05, 0.1) is 19.7 Å². The van der Waals surface area contributed by atoms with Gasteiger partial charge in [-0.05, 0) is 62.1 Å². The Morgan fingerprint density at radius 1 is 1.04 bits per heavy atom. The van der Waals surface area contributed by atoms with Crippen molar-refractivity contribution < 1.29 is 9.47 Å². The monoisotopic (exact) mass is 446 g/mol. The van der Waals surface area contributed by atoms with Crippen molar-refractivity contribution in [2.75, 3.05) is 13.2 Å². The second kappa shape index (κ2) is 11.5. The van der Waals surface area contributed by atoms with Gasteiger partial charge in [0, 0.05) is 6.61 Å². The number of benzene rings is 1. The molecule has 2 nitrogen and oxygen atoms in total. The minimum Gasteiger partial charge on any atom is -0.494 e. The lowest BCUT2D eigenvalue weighted by Gasteiger charge is -2.29. The second-order valence-corrected chi connectivity index (χ2v) is 10.8. The number of unbranched alkanes of at least 4 members (excludes halogenated alkanes) is 1. The zero-order chi connectivity index (χ0) is 16.3. The molecule has 1 aliphatic carbocycles. The third-order valence-corrected chi connectivity index (χ3v) is 7.73. The quantitative estimate of drug-likeness (QED) is 0.212. The smallest absolute Gasteiger partial charge is 0.119 e. The molecule has 0 saturated heterocycles. The van der Waals surface area contributed by atoms with Crippen molar-refractivity contribution in [3.8, 4) is 5.75 Å². The molecule has 1 saturated carbocycles. The molecule has 0 spiro atoms. The normalized spacial score (nSPS) is 21.8. The van der Waals surface area contributed by atoms with Crippen molar-refractivity contribution in [1.82, 2.24) is 0 Å². The molecule has 1 aromatic carbocycles. The van der Waals surface area contributed by atoms with E-state index in [0.717, 1.165) is 25.4 Å². The van der Waals surface area contributed by atoms with Crippen LogP contribution in [-0.4, -0.2) is 26.3 Å². The molecule has 130 valence electrons. The molecule has 0 bridgehead atoms. The zero-order valence-electron chi connectivity index (χ0n) is 14.4. The van der Waals surface area contributed by atoms with Gasteiger partial charge in [-0.2, -0.15) is 0 Å². The van der Waals surface area contributed by atoms with Crippen LogP contribution in [0.2, 0.25) is 6.04 Å². The second-order valence-electron chi connectivity index (χ2n) is 6.51. The van der Waals surface area contributed by atoms with Gasteiger partial charge in [-0.25, -0.2) is 0 Å². The van der Waals surface area contributed by atoms with E-state index in [9.17, 15) is 0 Å². The van der Waals surface area contributed by atoms with Gasteiger partial charge in [0.2, 0.25) is 0 Å². The van der Waals surface area contributed by atoms with Gasteiger partial charge >= 0.3 is 0 Å². The summed E-state index contributed by atoms with van der Waals surface area (Å²) in [6, 6.07) is 10.2. The maximum atomic E-state index is 6.04. The molecule has 4 heteroatoms. The van der Waals surface area contributed by atoms with Crippen LogP contribution in [0.1, 0.15) is 63.4 Å². The van der Waals surface area contributed by atoms with Gasteiger partial charge in [-0.15, -0.1) is 21.8 Å². The van der Waals surface area contributed by atoms with Crippen LogP contribution < -0.4 is 4.74 Å². The van der Waals surface area contributed by atoms with E-state index in [1.54, 1.807) is 0 Å². The lowest BCUT2D eigenvalue weighted by molar-refractivity contribution is 0.0252. The minimum atomic E-state index is 0.191. The number of hydrogen-bond acceptors (Lipinski definition) is 2. The number of ether oxygens (including phenoxy) is 2. The topological polar surface area (TPSA) is 18.5 Å². The van der Waals surface area contributed by atoms with E-state index in [2.05, 4.69) is 53.0 Å². The van der Waals surface area contributed by atoms with Crippen LogP contribution in [0.15, 0.2) is 24.3 Å². The summed E-state index contributed by atoms with van der Waals surface area (Å²) in [7, 11) is 0.191. The molecule has 0 atom stereocenters. The van der Waals surface area contributed by atoms with Crippen LogP contribution in [0, 0.1) is 0 Å². The average molecular weight is 446 g/mol. The number of rotatable bonds is 10. The predicted octanol–water partition coefficient (Wildman–Crippen LogP) is 5.24. The van der Waals surface area contributed by atoms with Crippen LogP contribution in [0.4, 0.5) is 0 Å². The summed E-state index contributed by atoms with van der Waals surface area (Å²) in [5.74, 6) is 1.72. The molecule has 1 aliphatic rings. The third kappa shape index (κ3) is 7.14. The van der Waals surface area contributed by atoms with Crippen LogP contribution in [0.25, 0.3) is 0 Å². The summed E-state index contributed by atoms with van der Waals surface area (Å²) < 4.78 is 11.8. The molecule has 0 aliphatic heterocycles. The van der Waals surface area contributed by atoms with Gasteiger partial charge in [0.25, 0.3) is 0 Å². The van der Waals surface area contributed by atoms with Gasteiger partial charge in [0.1, 0.15) is 5.75 Å². The highest BCUT2D eigenvalue weighted by atomic mass is 127. The fourth-order valence-electron chi connectivity index (χ4n) is 3.18. The lowest BCUT2D eigenvalue weighted by atomic mass is 9.83. The van der Waals surface area contributed by atoms with Crippen LogP contribution in [-0.2, 0) is 4.74 Å². The fraction of sp³-hybridized carbons (Fsp3) is 0.684. The average Bonchev–Trinajstić information content (AvgIpc) is 2.60. The van der Waals surface area contributed by atoms with Gasteiger partial charge < -0.3 is 9.47 Å². The molecule has 1 aromatic rings. The van der Waals surface area contributed by atoms with Gasteiger partial charge in [-0.1, -0.05) is 31.5 Å². The summed E-state index contributed by atoms with van der Waals surface area (Å²) in [6.07, 6.45) is 9.08. The molecule has 0 N–H and O–H groups in total. The first-order valence-electron chi connectivity index (χ1n) is 9.23. The van der Waals surface area contributed by atoms with E-state index in [1.807, 2.05) is 0 Å². The minimum absolute atomic E-state index is 0.191. The Bertz CT molecular complexity index is 416. The van der Waals surface area contributed by atoms with E-state index in [-0.39, 0.29) is 7.02 Å². The molecule has 0 unspecified atom stereocenters. The van der Waals surface area contributed by atoms with E-state index in [1.165, 1.54) is 50.1 Å². The molecular formula is C19H31IO2Si. The molecule has 2 rings (SSSR count). The maximum absolute atomic E-state index is 6.04. The van der Waals surface area contributed by atoms with E-state index < -0.39 is 0 Å². The molecular weight excluding hydrogens is 415 g/mol. The molecule has 23 heavy (non-hydrogen) atoms. The Hall–Kier alpha value is -0.0731. The summed E-state index contributed by atoms with van der Waals surface area (Å²) in [5, 5.41) is 0. The summed E-state index contributed by atoms with van der Waals surface area (Å²) in [6.45, 7) is 4.01. The highest BCUT2D eigenvalue weighted by Gasteiger charge is 2.22. The largest absolute Gasteiger partial charge is 0.494 e. The van der Waals surface area contributed by atoms with Crippen LogP contribution in [0.3, 0.4) is 0 Å². The summed E-state index contributed by atoms with van der Waals surface area (Å²) in [5.41, 5.74) is 1.47. The van der Waals surface area contributed by atoms with Crippen LogP contribution >= 0.6 is 21.8 Å². The van der Waals surface area contributed by atoms with Crippen molar-refractivity contribution >= 4 is 28.8 Å². The van der Waals surface area contributed by atoms with E-state index in [4.69, 9.17) is 9.47 Å². The Balaban J connectivity index is 1.70. The first kappa shape index (κ1) is 19.3. The maximum Gasteiger partial charge on any atom is 0.119 e. The van der Waals surface area contributed by atoms with Crippen molar-refractivity contribution in [3.05, 3.63) is 29.8 Å². The van der Waals surface area contributed by atoms with Crippen LogP contribution in [0.5, 0.6) is 5.75 Å². The molecule has 0 radical (unpaired) electrons. The van der Waals surface area contributed by atoms with Crippen molar-refractivity contribution in [1.29, 1.82) is 0 Å². The molecule has 0 heterocycles. The molecule has 0 aromatic heterocycles. The van der Waals surface area contributed by atoms with Crippen molar-refractivity contribution in [2.45, 2.75) is 69.9 Å². The number of halogens is 1. The summed E-state index contributed by atoms with van der Waals surface area (Å²) in [4.78, 5) is 0. The lowest BCUT2D eigenvalue weighted by Crippen LogP contribution is -2.21. The van der Waals surface area contributed by atoms with Crippen molar-refractivity contribution in [2.24, 2.45) is 0 Å². The van der Waals surface area contributed by atoms with E-state index in [0.29, 0.717) is 12.0 Å². The highest BCUT2D eigenvalue weighted by Crippen LogP contribution is 2.34. The Labute approximate surface area is 156 Å². The van der Waals surface area contributed by atoms with Crippen molar-refractivity contribution in [3.63, 3.8) is 0 Å².